The average Bonchev–Trinajstić information content (AvgIpc) is 2.85. The average molecular weight is 263 g/mol. The van der Waals surface area contributed by atoms with E-state index in [1.807, 2.05) is 17.2 Å². The van der Waals surface area contributed by atoms with Gasteiger partial charge in [-0.1, -0.05) is 13.8 Å². The van der Waals surface area contributed by atoms with E-state index in [2.05, 4.69) is 24.9 Å². The summed E-state index contributed by atoms with van der Waals surface area (Å²) in [6, 6.07) is 4.14. The van der Waals surface area contributed by atoms with Crippen molar-refractivity contribution in [3.63, 3.8) is 0 Å². The third-order valence-corrected chi connectivity index (χ3v) is 4.30. The summed E-state index contributed by atoms with van der Waals surface area (Å²) in [6.07, 6.45) is 5.37. The Balaban J connectivity index is 1.75. The number of aryl methyl sites for hydroxylation is 1. The first-order valence-corrected chi connectivity index (χ1v) is 7.15. The minimum atomic E-state index is 0.0913. The number of aromatic nitrogens is 1. The van der Waals surface area contributed by atoms with Gasteiger partial charge in [-0.2, -0.15) is 0 Å². The number of piperidine rings is 1. The third-order valence-electron chi connectivity index (χ3n) is 4.30. The number of nitrogens with two attached hydrogens (primary N) is 1. The summed E-state index contributed by atoms with van der Waals surface area (Å²) in [5.41, 5.74) is 7.50. The minimum Gasteiger partial charge on any atom is -0.365 e. The summed E-state index contributed by atoms with van der Waals surface area (Å²) in [7, 11) is 0. The summed E-state index contributed by atoms with van der Waals surface area (Å²) in [5.74, 6) is 0.248. The van der Waals surface area contributed by atoms with Crippen LogP contribution in [-0.4, -0.2) is 34.9 Å². The first-order chi connectivity index (χ1) is 8.99. The summed E-state index contributed by atoms with van der Waals surface area (Å²) in [4.78, 5) is 17.2. The number of nitrogens with one attached hydrogen (secondary N) is 1. The first-order valence-electron chi connectivity index (χ1n) is 7.15. The number of amides is 1. The van der Waals surface area contributed by atoms with Crippen LogP contribution >= 0.6 is 0 Å². The molecule has 2 heterocycles. The number of carbonyl (C=O) groups is 1. The van der Waals surface area contributed by atoms with E-state index in [9.17, 15) is 4.79 Å². The summed E-state index contributed by atoms with van der Waals surface area (Å²) >= 11 is 0. The van der Waals surface area contributed by atoms with E-state index in [4.69, 9.17) is 5.73 Å². The molecule has 4 nitrogen and oxygen atoms in total. The number of nitrogens with zero attached hydrogens (tertiary/aromatic N) is 1. The lowest BCUT2D eigenvalue weighted by molar-refractivity contribution is -0.133. The maximum absolute atomic E-state index is 12.1. The van der Waals surface area contributed by atoms with Crippen LogP contribution in [0.1, 0.15) is 38.8 Å². The predicted octanol–water partition coefficient (Wildman–Crippen LogP) is 1.92. The van der Waals surface area contributed by atoms with Crippen LogP contribution in [0.15, 0.2) is 18.3 Å². The zero-order chi connectivity index (χ0) is 13.9. The van der Waals surface area contributed by atoms with E-state index in [1.54, 1.807) is 0 Å². The van der Waals surface area contributed by atoms with Gasteiger partial charge in [0.15, 0.2) is 0 Å². The highest BCUT2D eigenvalue weighted by Crippen LogP contribution is 2.29. The zero-order valence-electron chi connectivity index (χ0n) is 12.0. The van der Waals surface area contributed by atoms with Crippen LogP contribution in [0.3, 0.4) is 0 Å². The van der Waals surface area contributed by atoms with Crippen LogP contribution in [0.2, 0.25) is 0 Å². The predicted molar refractivity (Wildman–Crippen MR) is 76.7 cm³/mol. The van der Waals surface area contributed by atoms with Crippen molar-refractivity contribution in [2.24, 2.45) is 11.1 Å². The van der Waals surface area contributed by atoms with E-state index in [0.717, 1.165) is 25.8 Å². The fourth-order valence-corrected chi connectivity index (χ4v) is 2.52. The van der Waals surface area contributed by atoms with Crippen LogP contribution in [0.5, 0.6) is 0 Å². The highest BCUT2D eigenvalue weighted by molar-refractivity contribution is 5.76. The number of rotatable bonds is 4. The summed E-state index contributed by atoms with van der Waals surface area (Å²) in [6.45, 7) is 5.92. The molecular weight excluding hydrogens is 238 g/mol. The molecule has 1 atom stereocenters. The highest BCUT2D eigenvalue weighted by atomic mass is 16.2. The Bertz CT molecular complexity index is 411. The lowest BCUT2D eigenvalue weighted by Crippen LogP contribution is -2.54. The van der Waals surface area contributed by atoms with Gasteiger partial charge in [0.05, 0.1) is 0 Å². The molecular formula is C15H25N3O. The molecule has 0 radical (unpaired) electrons. The van der Waals surface area contributed by atoms with Gasteiger partial charge in [-0.15, -0.1) is 0 Å². The van der Waals surface area contributed by atoms with Gasteiger partial charge < -0.3 is 15.6 Å². The summed E-state index contributed by atoms with van der Waals surface area (Å²) in [5, 5.41) is 0. The van der Waals surface area contributed by atoms with E-state index in [0.29, 0.717) is 13.0 Å². The molecule has 1 aromatic heterocycles. The molecule has 0 spiro atoms. The van der Waals surface area contributed by atoms with E-state index in [-0.39, 0.29) is 17.4 Å². The zero-order valence-corrected chi connectivity index (χ0v) is 12.0. The molecule has 106 valence electrons. The van der Waals surface area contributed by atoms with Crippen molar-refractivity contribution in [3.05, 3.63) is 24.0 Å². The molecule has 0 aliphatic carbocycles. The molecule has 1 aliphatic rings. The standard InChI is InChI=1S/C15H25N3O/c1-15(2)8-10-18(11-13(15)16)14(19)7-3-5-12-6-4-9-17-12/h4,6,9,13,17H,3,5,7-8,10-11,16H2,1-2H3. The van der Waals surface area contributed by atoms with E-state index in [1.165, 1.54) is 5.69 Å². The Morgan fingerprint density at radius 3 is 3.00 bits per heavy atom. The number of aromatic amines is 1. The number of H-pyrrole nitrogens is 1. The fraction of sp³-hybridized carbons (Fsp3) is 0.667. The monoisotopic (exact) mass is 263 g/mol. The lowest BCUT2D eigenvalue weighted by Gasteiger charge is -2.42. The molecule has 3 N–H and O–H groups in total. The van der Waals surface area contributed by atoms with E-state index >= 15 is 0 Å². The Kier molecular flexibility index (Phi) is 4.30. The molecule has 1 amide bonds. The molecule has 1 unspecified atom stereocenters. The molecule has 0 aromatic carbocycles. The van der Waals surface area contributed by atoms with Gasteiger partial charge >= 0.3 is 0 Å². The first kappa shape index (κ1) is 14.1. The van der Waals surface area contributed by atoms with Gasteiger partial charge in [-0.3, -0.25) is 4.79 Å². The van der Waals surface area contributed by atoms with Crippen molar-refractivity contribution in [1.82, 2.24) is 9.88 Å². The third kappa shape index (κ3) is 3.60. The Morgan fingerprint density at radius 2 is 2.37 bits per heavy atom. The van der Waals surface area contributed by atoms with Crippen molar-refractivity contribution in [2.45, 2.75) is 45.6 Å². The quantitative estimate of drug-likeness (QED) is 0.872. The van der Waals surface area contributed by atoms with Crippen LogP contribution in [0.25, 0.3) is 0 Å². The second-order valence-corrected chi connectivity index (χ2v) is 6.23. The molecule has 1 saturated heterocycles. The largest absolute Gasteiger partial charge is 0.365 e. The van der Waals surface area contributed by atoms with Gasteiger partial charge in [0.25, 0.3) is 0 Å². The van der Waals surface area contributed by atoms with Crippen molar-refractivity contribution in [2.75, 3.05) is 13.1 Å². The SMILES string of the molecule is CC1(C)CCN(C(=O)CCCc2ccc[nH]2)CC1N. The lowest BCUT2D eigenvalue weighted by atomic mass is 9.78. The minimum absolute atomic E-state index is 0.0913. The van der Waals surface area contributed by atoms with Crippen LogP contribution in [0, 0.1) is 5.41 Å². The maximum atomic E-state index is 12.1. The molecule has 0 bridgehead atoms. The summed E-state index contributed by atoms with van der Waals surface area (Å²) < 4.78 is 0. The van der Waals surface area contributed by atoms with Gasteiger partial charge in [-0.05, 0) is 36.8 Å². The molecule has 4 heteroatoms. The molecule has 1 aliphatic heterocycles. The molecule has 2 rings (SSSR count). The van der Waals surface area contributed by atoms with Crippen molar-refractivity contribution >= 4 is 5.91 Å². The fourth-order valence-electron chi connectivity index (χ4n) is 2.52. The van der Waals surface area contributed by atoms with Crippen molar-refractivity contribution in [3.8, 4) is 0 Å². The number of hydrogen-bond acceptors (Lipinski definition) is 2. The molecule has 19 heavy (non-hydrogen) atoms. The second-order valence-electron chi connectivity index (χ2n) is 6.23. The van der Waals surface area contributed by atoms with Crippen LogP contribution < -0.4 is 5.73 Å². The number of likely N-dealkylation sites (tertiary alicyclic amines) is 1. The van der Waals surface area contributed by atoms with Gasteiger partial charge in [-0.25, -0.2) is 0 Å². The Labute approximate surface area is 115 Å². The van der Waals surface area contributed by atoms with Crippen LogP contribution in [0.4, 0.5) is 0 Å². The van der Waals surface area contributed by atoms with Crippen LogP contribution in [-0.2, 0) is 11.2 Å². The second kappa shape index (κ2) is 5.78. The number of hydrogen-bond donors (Lipinski definition) is 2. The van der Waals surface area contributed by atoms with E-state index < -0.39 is 0 Å². The molecule has 1 fully saturated rings. The Hall–Kier alpha value is -1.29. The van der Waals surface area contributed by atoms with Crippen molar-refractivity contribution in [1.29, 1.82) is 0 Å². The molecule has 0 saturated carbocycles. The maximum Gasteiger partial charge on any atom is 0.222 e. The molecule has 1 aromatic rings. The number of carbonyl (C=O) groups excluding carboxylic acids is 1. The van der Waals surface area contributed by atoms with Gasteiger partial charge in [0.1, 0.15) is 0 Å². The Morgan fingerprint density at radius 1 is 1.58 bits per heavy atom. The normalized spacial score (nSPS) is 22.5. The highest BCUT2D eigenvalue weighted by Gasteiger charge is 2.34. The van der Waals surface area contributed by atoms with Crippen molar-refractivity contribution < 1.29 is 4.79 Å². The topological polar surface area (TPSA) is 62.1 Å². The smallest absolute Gasteiger partial charge is 0.222 e. The van der Waals surface area contributed by atoms with Gasteiger partial charge in [0.2, 0.25) is 5.91 Å². The van der Waals surface area contributed by atoms with Gasteiger partial charge in [0, 0.05) is 37.4 Å².